The third-order valence-corrected chi connectivity index (χ3v) is 1.67. The molecule has 0 bridgehead atoms. The van der Waals surface area contributed by atoms with Crippen molar-refractivity contribution in [2.45, 2.75) is 13.8 Å². The van der Waals surface area contributed by atoms with E-state index in [4.69, 9.17) is 15.3 Å². The normalized spacial score (nSPS) is 12.7. The number of hydrogen-bond donors (Lipinski definition) is 3. The van der Waals surface area contributed by atoms with E-state index in [9.17, 15) is 14.4 Å². The predicted molar refractivity (Wildman–Crippen MR) is 53.9 cm³/mol. The number of ketones is 1. The SMILES string of the molecule is CC(C)C(=O)/C=C\C(C(=O)O)=C(/O)C(=O)O. The van der Waals surface area contributed by atoms with Gasteiger partial charge in [-0.15, -0.1) is 0 Å². The van der Waals surface area contributed by atoms with Crippen molar-refractivity contribution in [2.24, 2.45) is 5.92 Å². The van der Waals surface area contributed by atoms with Crippen molar-refractivity contribution in [1.29, 1.82) is 0 Å². The van der Waals surface area contributed by atoms with E-state index in [2.05, 4.69) is 0 Å². The highest BCUT2D eigenvalue weighted by Gasteiger charge is 2.17. The van der Waals surface area contributed by atoms with Gasteiger partial charge >= 0.3 is 11.9 Å². The minimum absolute atomic E-state index is 0.335. The van der Waals surface area contributed by atoms with Crippen molar-refractivity contribution in [3.05, 3.63) is 23.5 Å². The minimum atomic E-state index is -1.76. The highest BCUT2D eigenvalue weighted by molar-refractivity contribution is 6.01. The van der Waals surface area contributed by atoms with Gasteiger partial charge in [-0.1, -0.05) is 13.8 Å². The Bertz CT molecular complexity index is 375. The number of hydrogen-bond acceptors (Lipinski definition) is 4. The highest BCUT2D eigenvalue weighted by Crippen LogP contribution is 2.06. The maximum absolute atomic E-state index is 11.1. The Morgan fingerprint density at radius 3 is 1.75 bits per heavy atom. The molecular weight excluding hydrogens is 216 g/mol. The molecule has 0 aliphatic rings. The summed E-state index contributed by atoms with van der Waals surface area (Å²) in [5, 5.41) is 25.9. The summed E-state index contributed by atoms with van der Waals surface area (Å²) in [6.45, 7) is 3.21. The maximum Gasteiger partial charge on any atom is 0.371 e. The highest BCUT2D eigenvalue weighted by atomic mass is 16.4. The third kappa shape index (κ3) is 3.95. The second kappa shape index (κ2) is 5.69. The van der Waals surface area contributed by atoms with Gasteiger partial charge in [-0.2, -0.15) is 0 Å². The summed E-state index contributed by atoms with van der Waals surface area (Å²) in [5.41, 5.74) is -0.832. The van der Waals surface area contributed by atoms with Gasteiger partial charge in [-0.25, -0.2) is 9.59 Å². The Kier molecular flexibility index (Phi) is 4.94. The van der Waals surface area contributed by atoms with Gasteiger partial charge in [0.05, 0.1) is 0 Å². The molecule has 0 aromatic carbocycles. The Labute approximate surface area is 91.5 Å². The molecule has 0 aliphatic carbocycles. The number of rotatable bonds is 5. The number of carbonyl (C=O) groups excluding carboxylic acids is 1. The number of aliphatic hydroxyl groups excluding tert-OH is 1. The number of aliphatic hydroxyl groups is 1. The number of carbonyl (C=O) groups is 3. The molecular formula is C10H12O6. The molecule has 0 saturated carbocycles. The molecule has 88 valence electrons. The van der Waals surface area contributed by atoms with Crippen molar-refractivity contribution in [1.82, 2.24) is 0 Å². The largest absolute Gasteiger partial charge is 0.501 e. The van der Waals surface area contributed by atoms with Crippen LogP contribution in [-0.4, -0.2) is 33.0 Å². The van der Waals surface area contributed by atoms with Crippen molar-refractivity contribution >= 4 is 17.7 Å². The summed E-state index contributed by atoms with van der Waals surface area (Å²) in [7, 11) is 0. The Hall–Kier alpha value is -2.11. The first-order valence-corrected chi connectivity index (χ1v) is 4.39. The lowest BCUT2D eigenvalue weighted by Gasteiger charge is -1.99. The van der Waals surface area contributed by atoms with Crippen LogP contribution in [0.15, 0.2) is 23.5 Å². The van der Waals surface area contributed by atoms with Gasteiger partial charge in [-0.05, 0) is 12.2 Å². The zero-order valence-corrected chi connectivity index (χ0v) is 8.80. The predicted octanol–water partition coefficient (Wildman–Crippen LogP) is 0.749. The fourth-order valence-electron chi connectivity index (χ4n) is 0.725. The first kappa shape index (κ1) is 13.9. The van der Waals surface area contributed by atoms with E-state index in [1.54, 1.807) is 13.8 Å². The van der Waals surface area contributed by atoms with Gasteiger partial charge in [-0.3, -0.25) is 4.79 Å². The van der Waals surface area contributed by atoms with Crippen LogP contribution in [0.4, 0.5) is 0 Å². The van der Waals surface area contributed by atoms with Crippen LogP contribution in [-0.2, 0) is 14.4 Å². The zero-order valence-electron chi connectivity index (χ0n) is 8.80. The quantitative estimate of drug-likeness (QED) is 0.363. The second-order valence-electron chi connectivity index (χ2n) is 3.26. The average Bonchev–Trinajstić information content (AvgIpc) is 2.16. The van der Waals surface area contributed by atoms with Gasteiger partial charge in [0, 0.05) is 5.92 Å². The second-order valence-corrected chi connectivity index (χ2v) is 3.26. The molecule has 3 N–H and O–H groups in total. The van der Waals surface area contributed by atoms with Crippen LogP contribution < -0.4 is 0 Å². The van der Waals surface area contributed by atoms with Gasteiger partial charge in [0.1, 0.15) is 5.57 Å². The van der Waals surface area contributed by atoms with Crippen molar-refractivity contribution < 1.29 is 29.7 Å². The lowest BCUT2D eigenvalue weighted by atomic mass is 10.1. The Morgan fingerprint density at radius 2 is 1.44 bits per heavy atom. The molecule has 0 aliphatic heterocycles. The summed E-state index contributed by atoms with van der Waals surface area (Å²) in [4.78, 5) is 32.0. The molecule has 0 radical (unpaired) electrons. The van der Waals surface area contributed by atoms with E-state index < -0.39 is 23.3 Å². The summed E-state index contributed by atoms with van der Waals surface area (Å²) in [5.74, 6) is -5.39. The van der Waals surface area contributed by atoms with Crippen LogP contribution in [0.2, 0.25) is 0 Å². The molecule has 0 spiro atoms. The first-order valence-electron chi connectivity index (χ1n) is 4.39. The van der Waals surface area contributed by atoms with Crippen LogP contribution in [0.3, 0.4) is 0 Å². The number of allylic oxidation sites excluding steroid dienone is 1. The van der Waals surface area contributed by atoms with Gasteiger partial charge in [0.2, 0.25) is 5.76 Å². The average molecular weight is 228 g/mol. The monoisotopic (exact) mass is 228 g/mol. The smallest absolute Gasteiger partial charge is 0.371 e. The Morgan fingerprint density at radius 1 is 0.938 bits per heavy atom. The molecule has 0 fully saturated rings. The molecule has 0 rings (SSSR count). The fraction of sp³-hybridized carbons (Fsp3) is 0.300. The molecule has 0 saturated heterocycles. The van der Waals surface area contributed by atoms with Crippen LogP contribution in [0.1, 0.15) is 13.8 Å². The fourth-order valence-corrected chi connectivity index (χ4v) is 0.725. The summed E-state index contributed by atoms with van der Waals surface area (Å²) in [6.07, 6.45) is 1.70. The molecule has 0 unspecified atom stereocenters. The lowest BCUT2D eigenvalue weighted by molar-refractivity contribution is -0.138. The molecule has 0 atom stereocenters. The third-order valence-electron chi connectivity index (χ3n) is 1.67. The standard InChI is InChI=1S/C10H12O6/c1-5(2)7(11)4-3-6(9(13)14)8(12)10(15)16/h3-5,12H,1-2H3,(H,13,14)(H,15,16)/b4-3-,8-6+. The van der Waals surface area contributed by atoms with Crippen molar-refractivity contribution in [2.75, 3.05) is 0 Å². The molecule has 16 heavy (non-hydrogen) atoms. The topological polar surface area (TPSA) is 112 Å². The van der Waals surface area contributed by atoms with Crippen molar-refractivity contribution in [3.63, 3.8) is 0 Å². The van der Waals surface area contributed by atoms with Crippen LogP contribution in [0, 0.1) is 5.92 Å². The number of aliphatic carboxylic acids is 2. The van der Waals surface area contributed by atoms with E-state index in [-0.39, 0.29) is 11.7 Å². The van der Waals surface area contributed by atoms with Gasteiger partial charge in [0.15, 0.2) is 5.78 Å². The molecule has 0 aromatic rings. The van der Waals surface area contributed by atoms with Gasteiger partial charge in [0.25, 0.3) is 0 Å². The molecule has 6 nitrogen and oxygen atoms in total. The van der Waals surface area contributed by atoms with E-state index in [0.717, 1.165) is 12.2 Å². The maximum atomic E-state index is 11.1. The number of carboxylic acid groups (broad SMARTS) is 2. The van der Waals surface area contributed by atoms with E-state index >= 15 is 0 Å². The summed E-state index contributed by atoms with van der Waals surface area (Å²) in [6, 6.07) is 0. The Balaban J connectivity index is 5.15. The van der Waals surface area contributed by atoms with E-state index in [0.29, 0.717) is 0 Å². The number of carboxylic acids is 2. The zero-order chi connectivity index (χ0) is 12.9. The van der Waals surface area contributed by atoms with E-state index in [1.807, 2.05) is 0 Å². The summed E-state index contributed by atoms with van der Waals surface area (Å²) >= 11 is 0. The first-order chi connectivity index (χ1) is 7.27. The van der Waals surface area contributed by atoms with Crippen LogP contribution >= 0.6 is 0 Å². The van der Waals surface area contributed by atoms with Crippen LogP contribution in [0.25, 0.3) is 0 Å². The molecule has 0 heterocycles. The minimum Gasteiger partial charge on any atom is -0.501 e. The molecule has 6 heteroatoms. The molecule has 0 amide bonds. The lowest BCUT2D eigenvalue weighted by Crippen LogP contribution is -2.10. The van der Waals surface area contributed by atoms with Gasteiger partial charge < -0.3 is 15.3 Å². The van der Waals surface area contributed by atoms with Crippen molar-refractivity contribution in [3.8, 4) is 0 Å². The van der Waals surface area contributed by atoms with E-state index in [1.165, 1.54) is 0 Å². The summed E-state index contributed by atoms with van der Waals surface area (Å²) < 4.78 is 0. The molecule has 0 aromatic heterocycles. The van der Waals surface area contributed by atoms with Crippen LogP contribution in [0.5, 0.6) is 0 Å².